The van der Waals surface area contributed by atoms with Gasteiger partial charge < -0.3 is 25.2 Å². The minimum Gasteiger partial charge on any atom is -0.381 e. The second-order valence-electron chi connectivity index (χ2n) is 14.7. The molecule has 10 nitrogen and oxygen atoms in total. The van der Waals surface area contributed by atoms with Gasteiger partial charge in [0, 0.05) is 61.9 Å². The number of halogens is 1. The quantitative estimate of drug-likeness (QED) is 0.173. The predicted octanol–water partition coefficient (Wildman–Crippen LogP) is 8.10. The topological polar surface area (TPSA) is 117 Å². The van der Waals surface area contributed by atoms with Gasteiger partial charge in [0.2, 0.25) is 0 Å². The van der Waals surface area contributed by atoms with Crippen LogP contribution in [0.3, 0.4) is 0 Å². The number of para-hydroxylation sites is 1. The van der Waals surface area contributed by atoms with Crippen molar-refractivity contribution in [1.29, 1.82) is 0 Å². The summed E-state index contributed by atoms with van der Waals surface area (Å²) < 4.78 is 20.4. The summed E-state index contributed by atoms with van der Waals surface area (Å²) in [7, 11) is 0. The van der Waals surface area contributed by atoms with E-state index in [0.29, 0.717) is 51.9 Å². The van der Waals surface area contributed by atoms with E-state index < -0.39 is 11.7 Å². The first-order chi connectivity index (χ1) is 26.1. The molecule has 54 heavy (non-hydrogen) atoms. The summed E-state index contributed by atoms with van der Waals surface area (Å²) >= 11 is 1.29. The van der Waals surface area contributed by atoms with Crippen molar-refractivity contribution in [3.8, 4) is 10.6 Å². The van der Waals surface area contributed by atoms with Crippen molar-refractivity contribution in [2.45, 2.75) is 46.0 Å². The highest BCUT2D eigenvalue weighted by molar-refractivity contribution is 7.17. The molecule has 5 aromatic rings. The zero-order valence-electron chi connectivity index (χ0n) is 30.4. The minimum atomic E-state index is -0.479. The number of hydrogen-bond acceptors (Lipinski definition) is 8. The molecule has 276 valence electrons. The van der Waals surface area contributed by atoms with Crippen LogP contribution in [0.4, 0.5) is 27.3 Å². The molecule has 0 radical (unpaired) electrons. The van der Waals surface area contributed by atoms with E-state index in [1.54, 1.807) is 59.8 Å². The Morgan fingerprint density at radius 1 is 0.944 bits per heavy atom. The average molecular weight is 745 g/mol. The van der Waals surface area contributed by atoms with Crippen molar-refractivity contribution in [2.75, 3.05) is 53.3 Å². The number of nitrogens with one attached hydrogen (secondary N) is 2. The number of nitrogens with zero attached hydrogens (tertiary/aromatic N) is 4. The Morgan fingerprint density at radius 3 is 2.48 bits per heavy atom. The van der Waals surface area contributed by atoms with E-state index in [9.17, 15) is 18.8 Å². The largest absolute Gasteiger partial charge is 0.381 e. The lowest BCUT2D eigenvalue weighted by Gasteiger charge is -2.53. The summed E-state index contributed by atoms with van der Waals surface area (Å²) in [6.45, 7) is 9.46. The standard InChI is InChI=1S/C42H41FN6O4S/c1-25(2)30-6-4-8-32(43)35(30)47-40(51)34-21-28-13-17-49(33-20-26(3)22-45-36(33)37(28)54-34)41(52)27-9-11-29(12-10-27)46-39(50)31-7-5-16-44-38(31)48-23-42(24-48)14-18-53-19-15-42/h4-12,16,20-22,25H,13-15,17-19,23-24H2,1-3H3,(H,46,50)(H,47,51). The van der Waals surface area contributed by atoms with Crippen LogP contribution in [0, 0.1) is 18.2 Å². The number of carbonyl (C=O) groups excluding carboxylic acids is 3. The van der Waals surface area contributed by atoms with Gasteiger partial charge in [-0.2, -0.15) is 0 Å². The molecule has 2 aromatic carbocycles. The van der Waals surface area contributed by atoms with Crippen molar-refractivity contribution in [3.05, 3.63) is 118 Å². The first kappa shape index (κ1) is 35.6. The molecule has 3 aromatic heterocycles. The SMILES string of the molecule is Cc1cnc2c(c1)N(C(=O)c1ccc(NC(=O)c3cccnc3N3CC4(CCOCC4)C3)cc1)CCc1cc(C(=O)Nc3c(F)cccc3C(C)C)sc1-2. The second-order valence-corrected chi connectivity index (χ2v) is 15.8. The van der Waals surface area contributed by atoms with Gasteiger partial charge in [-0.05, 0) is 103 Å². The third-order valence-corrected chi connectivity index (χ3v) is 11.8. The molecule has 0 unspecified atom stereocenters. The number of fused-ring (bicyclic) bond motifs is 3. The summed E-state index contributed by atoms with van der Waals surface area (Å²) in [4.78, 5) is 55.6. The normalized spacial score (nSPS) is 15.9. The first-order valence-corrected chi connectivity index (χ1v) is 19.1. The van der Waals surface area contributed by atoms with Crippen LogP contribution in [0.1, 0.15) is 79.7 Å². The Morgan fingerprint density at radius 2 is 1.72 bits per heavy atom. The molecule has 0 aliphatic carbocycles. The molecule has 2 saturated heterocycles. The predicted molar refractivity (Wildman–Crippen MR) is 209 cm³/mol. The average Bonchev–Trinajstić information content (AvgIpc) is 3.53. The molecule has 0 saturated carbocycles. The number of aryl methyl sites for hydroxylation is 1. The van der Waals surface area contributed by atoms with Crippen molar-refractivity contribution in [3.63, 3.8) is 0 Å². The van der Waals surface area contributed by atoms with Crippen molar-refractivity contribution >= 4 is 51.9 Å². The Balaban J connectivity index is 0.985. The number of pyridine rings is 2. The van der Waals surface area contributed by atoms with Gasteiger partial charge in [0.25, 0.3) is 17.7 Å². The van der Waals surface area contributed by atoms with Gasteiger partial charge in [-0.1, -0.05) is 26.0 Å². The monoisotopic (exact) mass is 744 g/mol. The fraction of sp³-hybridized carbons (Fsp3) is 0.310. The maximum absolute atomic E-state index is 14.8. The highest BCUT2D eigenvalue weighted by Gasteiger charge is 2.45. The zero-order valence-corrected chi connectivity index (χ0v) is 31.3. The van der Waals surface area contributed by atoms with E-state index in [0.717, 1.165) is 60.7 Å². The molecule has 2 N–H and O–H groups in total. The Bertz CT molecular complexity index is 2260. The third-order valence-electron chi connectivity index (χ3n) is 10.6. The van der Waals surface area contributed by atoms with E-state index in [1.807, 2.05) is 39.0 Å². The molecule has 3 aliphatic rings. The fourth-order valence-electron chi connectivity index (χ4n) is 7.66. The van der Waals surface area contributed by atoms with Gasteiger partial charge in [0.1, 0.15) is 17.3 Å². The maximum Gasteiger partial charge on any atom is 0.265 e. The molecular formula is C42H41FN6O4S. The number of carbonyl (C=O) groups is 3. The van der Waals surface area contributed by atoms with Crippen LogP contribution in [0.15, 0.2) is 79.1 Å². The van der Waals surface area contributed by atoms with Gasteiger partial charge in [0.15, 0.2) is 0 Å². The lowest BCUT2D eigenvalue weighted by atomic mass is 9.73. The minimum absolute atomic E-state index is 0.0229. The number of amides is 3. The number of ether oxygens (including phenoxy) is 1. The van der Waals surface area contributed by atoms with Crippen LogP contribution < -0.4 is 20.4 Å². The number of aromatic nitrogens is 2. The van der Waals surface area contributed by atoms with Crippen LogP contribution in [-0.4, -0.2) is 60.5 Å². The molecule has 6 heterocycles. The number of benzene rings is 2. The third kappa shape index (κ3) is 6.75. The lowest BCUT2D eigenvalue weighted by Crippen LogP contribution is -2.59. The maximum atomic E-state index is 14.8. The molecule has 8 rings (SSSR count). The van der Waals surface area contributed by atoms with E-state index >= 15 is 0 Å². The number of anilines is 4. The van der Waals surface area contributed by atoms with Crippen molar-refractivity contribution in [1.82, 2.24) is 9.97 Å². The fourth-order valence-corrected chi connectivity index (χ4v) is 8.78. The summed E-state index contributed by atoms with van der Waals surface area (Å²) in [5, 5.41) is 5.80. The van der Waals surface area contributed by atoms with Gasteiger partial charge >= 0.3 is 0 Å². The van der Waals surface area contributed by atoms with Crippen LogP contribution in [0.2, 0.25) is 0 Å². The van der Waals surface area contributed by atoms with E-state index in [1.165, 1.54) is 17.4 Å². The summed E-state index contributed by atoms with van der Waals surface area (Å²) in [6.07, 6.45) is 6.00. The Hall–Kier alpha value is -5.46. The highest BCUT2D eigenvalue weighted by atomic mass is 32.1. The summed E-state index contributed by atoms with van der Waals surface area (Å²) in [5.41, 5.74) is 5.72. The molecule has 0 atom stereocenters. The number of thiophene rings is 1. The zero-order chi connectivity index (χ0) is 37.6. The van der Waals surface area contributed by atoms with E-state index in [2.05, 4.69) is 20.5 Å². The van der Waals surface area contributed by atoms with Gasteiger partial charge in [0.05, 0.1) is 26.7 Å². The summed E-state index contributed by atoms with van der Waals surface area (Å²) in [5.74, 6) is -0.638. The Kier molecular flexibility index (Phi) is 9.49. The van der Waals surface area contributed by atoms with Crippen LogP contribution in [0.25, 0.3) is 10.6 Å². The van der Waals surface area contributed by atoms with Gasteiger partial charge in [-0.15, -0.1) is 11.3 Å². The lowest BCUT2D eigenvalue weighted by molar-refractivity contribution is -0.000510. The van der Waals surface area contributed by atoms with Crippen molar-refractivity contribution < 1.29 is 23.5 Å². The van der Waals surface area contributed by atoms with E-state index in [4.69, 9.17) is 9.72 Å². The summed E-state index contributed by atoms with van der Waals surface area (Å²) in [6, 6.07) is 19.0. The van der Waals surface area contributed by atoms with E-state index in [-0.39, 0.29) is 28.8 Å². The Labute approximate surface area is 317 Å². The van der Waals surface area contributed by atoms with Crippen molar-refractivity contribution in [2.24, 2.45) is 5.41 Å². The molecule has 1 spiro atoms. The smallest absolute Gasteiger partial charge is 0.265 e. The molecule has 0 bridgehead atoms. The second kappa shape index (κ2) is 14.4. The molecule has 12 heteroatoms. The molecule has 3 amide bonds. The molecule has 3 aliphatic heterocycles. The first-order valence-electron chi connectivity index (χ1n) is 18.3. The number of hydrogen-bond donors (Lipinski definition) is 2. The van der Waals surface area contributed by atoms with Gasteiger partial charge in [-0.3, -0.25) is 19.4 Å². The molecule has 2 fully saturated rings. The molecular weight excluding hydrogens is 704 g/mol. The van der Waals surface area contributed by atoms with Crippen LogP contribution >= 0.6 is 11.3 Å². The van der Waals surface area contributed by atoms with Crippen LogP contribution in [0.5, 0.6) is 0 Å². The van der Waals surface area contributed by atoms with Crippen LogP contribution in [-0.2, 0) is 11.2 Å². The van der Waals surface area contributed by atoms with Gasteiger partial charge in [-0.25, -0.2) is 9.37 Å². The number of rotatable bonds is 7. The highest BCUT2D eigenvalue weighted by Crippen LogP contribution is 2.43.